The number of carbonyl (C=O) groups is 2. The molecule has 0 bridgehead atoms. The molecular formula is C13H16N4O5. The van der Waals surface area contributed by atoms with Crippen LogP contribution in [0.3, 0.4) is 0 Å². The van der Waals surface area contributed by atoms with E-state index in [-0.39, 0.29) is 18.7 Å². The Kier molecular flexibility index (Phi) is 6.64. The smallest absolute Gasteiger partial charge is 0.271 e. The van der Waals surface area contributed by atoms with Gasteiger partial charge in [-0.2, -0.15) is 5.10 Å². The van der Waals surface area contributed by atoms with Crippen LogP contribution < -0.4 is 10.7 Å². The maximum Gasteiger partial charge on any atom is 0.271 e. The summed E-state index contributed by atoms with van der Waals surface area (Å²) in [4.78, 5) is 33.0. The molecule has 0 fully saturated rings. The zero-order chi connectivity index (χ0) is 16.5. The molecule has 0 aliphatic rings. The molecule has 0 unspecified atom stereocenters. The van der Waals surface area contributed by atoms with E-state index in [2.05, 4.69) is 20.6 Å². The number of rotatable bonds is 7. The number of non-ortho nitro benzene ring substituents is 1. The number of nitro benzene ring substituents is 1. The fourth-order valence-corrected chi connectivity index (χ4v) is 1.50. The van der Waals surface area contributed by atoms with Gasteiger partial charge in [-0.25, -0.2) is 5.43 Å². The number of hydrogen-bond acceptors (Lipinski definition) is 6. The Hall–Kier alpha value is -2.81. The first-order valence-corrected chi connectivity index (χ1v) is 6.27. The van der Waals surface area contributed by atoms with Crippen LogP contribution in [0, 0.1) is 10.1 Å². The molecule has 0 heterocycles. The summed E-state index contributed by atoms with van der Waals surface area (Å²) in [5.74, 6) is -0.830. The van der Waals surface area contributed by atoms with Crippen molar-refractivity contribution in [2.45, 2.75) is 13.3 Å². The summed E-state index contributed by atoms with van der Waals surface area (Å²) in [6, 6.07) is 5.59. The first kappa shape index (κ1) is 17.2. The second-order valence-electron chi connectivity index (χ2n) is 4.35. The van der Waals surface area contributed by atoms with Gasteiger partial charge in [-0.1, -0.05) is 6.07 Å². The minimum Gasteiger partial charge on any atom is -0.375 e. The molecule has 9 heteroatoms. The van der Waals surface area contributed by atoms with E-state index < -0.39 is 16.7 Å². The summed E-state index contributed by atoms with van der Waals surface area (Å²) in [5.41, 5.74) is 2.81. The number of anilines is 1. The fourth-order valence-electron chi connectivity index (χ4n) is 1.50. The molecule has 9 nitrogen and oxygen atoms in total. The van der Waals surface area contributed by atoms with Crippen molar-refractivity contribution in [3.05, 3.63) is 34.4 Å². The molecule has 0 saturated carbocycles. The third-order valence-corrected chi connectivity index (χ3v) is 2.40. The normalized spacial score (nSPS) is 10.9. The zero-order valence-electron chi connectivity index (χ0n) is 12.2. The Balaban J connectivity index is 2.55. The Bertz CT molecular complexity index is 600. The number of nitro groups is 1. The van der Waals surface area contributed by atoms with Crippen LogP contribution in [0.15, 0.2) is 29.4 Å². The molecule has 0 aliphatic heterocycles. The van der Waals surface area contributed by atoms with E-state index in [0.29, 0.717) is 11.4 Å². The number of hydrazone groups is 1. The van der Waals surface area contributed by atoms with Crippen LogP contribution in [-0.4, -0.2) is 36.2 Å². The monoisotopic (exact) mass is 308 g/mol. The lowest BCUT2D eigenvalue weighted by Crippen LogP contribution is -2.24. The van der Waals surface area contributed by atoms with Gasteiger partial charge in [0.05, 0.1) is 11.3 Å². The van der Waals surface area contributed by atoms with Crippen LogP contribution in [0.5, 0.6) is 0 Å². The van der Waals surface area contributed by atoms with Crippen LogP contribution in [0.1, 0.15) is 13.3 Å². The first-order valence-electron chi connectivity index (χ1n) is 6.27. The molecule has 0 saturated heterocycles. The number of benzene rings is 1. The molecule has 0 aromatic heterocycles. The topological polar surface area (TPSA) is 123 Å². The standard InChI is InChI=1S/C13H16N4O5/c1-9(15-16-13(19)8-22-2)6-12(18)14-10-4-3-5-11(7-10)17(20)21/h3-5,7H,6,8H2,1-2H3,(H,14,18)(H,16,19)/b15-9-. The highest BCUT2D eigenvalue weighted by Crippen LogP contribution is 2.17. The summed E-state index contributed by atoms with van der Waals surface area (Å²) in [6.07, 6.45) is -0.0596. The van der Waals surface area contributed by atoms with E-state index in [0.717, 1.165) is 0 Å². The average Bonchev–Trinajstić information content (AvgIpc) is 2.45. The van der Waals surface area contributed by atoms with E-state index in [9.17, 15) is 19.7 Å². The Labute approximate surface area is 126 Å². The fraction of sp³-hybridized carbons (Fsp3) is 0.308. The lowest BCUT2D eigenvalue weighted by atomic mass is 10.2. The van der Waals surface area contributed by atoms with Crippen molar-refractivity contribution in [2.75, 3.05) is 19.0 Å². The second kappa shape index (κ2) is 8.47. The van der Waals surface area contributed by atoms with Gasteiger partial charge >= 0.3 is 0 Å². The maximum atomic E-state index is 11.8. The minimum absolute atomic E-state index is 0.0596. The SMILES string of the molecule is COCC(=O)N/N=C(/C)CC(=O)Nc1cccc([N+](=O)[O-])c1. The van der Waals surface area contributed by atoms with Crippen molar-refractivity contribution in [3.63, 3.8) is 0 Å². The number of nitrogens with zero attached hydrogens (tertiary/aromatic N) is 2. The van der Waals surface area contributed by atoms with Crippen molar-refractivity contribution < 1.29 is 19.2 Å². The minimum atomic E-state index is -0.548. The van der Waals surface area contributed by atoms with Gasteiger partial charge in [0.2, 0.25) is 5.91 Å². The average molecular weight is 308 g/mol. The highest BCUT2D eigenvalue weighted by atomic mass is 16.6. The van der Waals surface area contributed by atoms with Gasteiger partial charge in [-0.15, -0.1) is 0 Å². The van der Waals surface area contributed by atoms with E-state index >= 15 is 0 Å². The molecule has 1 aromatic rings. The van der Waals surface area contributed by atoms with Crippen molar-refractivity contribution in [1.82, 2.24) is 5.43 Å². The Morgan fingerprint density at radius 3 is 2.73 bits per heavy atom. The van der Waals surface area contributed by atoms with Crippen LogP contribution >= 0.6 is 0 Å². The van der Waals surface area contributed by atoms with Gasteiger partial charge in [0.1, 0.15) is 6.61 Å². The number of hydrogen-bond donors (Lipinski definition) is 2. The summed E-state index contributed by atoms with van der Waals surface area (Å²) in [5, 5.41) is 16.9. The predicted octanol–water partition coefficient (Wildman–Crippen LogP) is 1.06. The summed E-state index contributed by atoms with van der Waals surface area (Å²) in [6.45, 7) is 1.44. The van der Waals surface area contributed by atoms with E-state index in [1.54, 1.807) is 6.92 Å². The highest BCUT2D eigenvalue weighted by molar-refractivity contribution is 6.05. The molecule has 0 aliphatic carbocycles. The molecular weight excluding hydrogens is 292 g/mol. The zero-order valence-corrected chi connectivity index (χ0v) is 12.2. The van der Waals surface area contributed by atoms with Gasteiger partial charge in [0.25, 0.3) is 11.6 Å². The highest BCUT2D eigenvalue weighted by Gasteiger charge is 2.09. The summed E-state index contributed by atoms with van der Waals surface area (Å²) >= 11 is 0. The third-order valence-electron chi connectivity index (χ3n) is 2.40. The molecule has 2 N–H and O–H groups in total. The van der Waals surface area contributed by atoms with E-state index in [1.807, 2.05) is 0 Å². The van der Waals surface area contributed by atoms with Crippen LogP contribution in [-0.2, 0) is 14.3 Å². The van der Waals surface area contributed by atoms with E-state index in [4.69, 9.17) is 0 Å². The maximum absolute atomic E-state index is 11.8. The second-order valence-corrected chi connectivity index (χ2v) is 4.35. The van der Waals surface area contributed by atoms with Crippen molar-refractivity contribution >= 4 is 28.9 Å². The number of nitrogens with one attached hydrogen (secondary N) is 2. The number of ether oxygens (including phenoxy) is 1. The van der Waals surface area contributed by atoms with Crippen LogP contribution in [0.4, 0.5) is 11.4 Å². The van der Waals surface area contributed by atoms with Crippen molar-refractivity contribution in [2.24, 2.45) is 5.10 Å². The molecule has 0 radical (unpaired) electrons. The van der Waals surface area contributed by atoms with Crippen molar-refractivity contribution in [3.8, 4) is 0 Å². The summed E-state index contributed by atoms with van der Waals surface area (Å²) in [7, 11) is 1.38. The van der Waals surface area contributed by atoms with Gasteiger partial charge in [0.15, 0.2) is 0 Å². The number of methoxy groups -OCH3 is 1. The third kappa shape index (κ3) is 6.09. The predicted molar refractivity (Wildman–Crippen MR) is 79.5 cm³/mol. The summed E-state index contributed by atoms with van der Waals surface area (Å²) < 4.78 is 4.61. The molecule has 2 amide bonds. The number of amides is 2. The molecule has 1 rings (SSSR count). The van der Waals surface area contributed by atoms with E-state index in [1.165, 1.54) is 31.4 Å². The number of carbonyl (C=O) groups excluding carboxylic acids is 2. The van der Waals surface area contributed by atoms with Crippen LogP contribution in [0.25, 0.3) is 0 Å². The van der Waals surface area contributed by atoms with Gasteiger partial charge in [-0.3, -0.25) is 19.7 Å². The first-order chi connectivity index (χ1) is 10.4. The van der Waals surface area contributed by atoms with Crippen LogP contribution in [0.2, 0.25) is 0 Å². The lowest BCUT2D eigenvalue weighted by molar-refractivity contribution is -0.384. The largest absolute Gasteiger partial charge is 0.375 e. The van der Waals surface area contributed by atoms with Gasteiger partial charge < -0.3 is 10.1 Å². The molecule has 0 spiro atoms. The van der Waals surface area contributed by atoms with Gasteiger partial charge in [-0.05, 0) is 13.0 Å². The molecule has 22 heavy (non-hydrogen) atoms. The van der Waals surface area contributed by atoms with Crippen molar-refractivity contribution in [1.29, 1.82) is 0 Å². The Morgan fingerprint density at radius 1 is 1.36 bits per heavy atom. The Morgan fingerprint density at radius 2 is 2.09 bits per heavy atom. The molecule has 0 atom stereocenters. The molecule has 118 valence electrons. The quantitative estimate of drug-likeness (QED) is 0.443. The van der Waals surface area contributed by atoms with Gasteiger partial charge in [0, 0.05) is 30.6 Å². The molecule has 1 aromatic carbocycles. The lowest BCUT2D eigenvalue weighted by Gasteiger charge is -2.05.